The Hall–Kier alpha value is -1.95. The molecule has 0 bridgehead atoms. The third-order valence-corrected chi connectivity index (χ3v) is 6.72. The minimum Gasteiger partial charge on any atom is -0.352 e. The van der Waals surface area contributed by atoms with E-state index < -0.39 is 0 Å². The number of carbonyl (C=O) groups excluding carboxylic acids is 1. The molecule has 3 heterocycles. The molecule has 0 radical (unpaired) electrons. The number of nitrogens with one attached hydrogen (secondary N) is 1. The first-order valence-corrected chi connectivity index (χ1v) is 11.5. The predicted molar refractivity (Wildman–Crippen MR) is 122 cm³/mol. The van der Waals surface area contributed by atoms with Gasteiger partial charge in [0.05, 0.1) is 26.0 Å². The van der Waals surface area contributed by atoms with Crippen LogP contribution >= 0.6 is 22.9 Å². The molecule has 6 heteroatoms. The number of fused-ring (bicyclic) bond motifs is 1. The first kappa shape index (κ1) is 20.3. The van der Waals surface area contributed by atoms with E-state index in [4.69, 9.17) is 16.6 Å². The van der Waals surface area contributed by atoms with Gasteiger partial charge in [0.2, 0.25) is 0 Å². The molecule has 1 amide bonds. The van der Waals surface area contributed by atoms with Crippen LogP contribution in [0.4, 0.5) is 0 Å². The van der Waals surface area contributed by atoms with E-state index >= 15 is 0 Å². The highest BCUT2D eigenvalue weighted by molar-refractivity contribution is 7.19. The van der Waals surface area contributed by atoms with Crippen LogP contribution in [-0.4, -0.2) is 42.0 Å². The van der Waals surface area contributed by atoms with Crippen molar-refractivity contribution in [1.82, 2.24) is 15.2 Å². The second-order valence-corrected chi connectivity index (χ2v) is 9.55. The van der Waals surface area contributed by atoms with Crippen molar-refractivity contribution in [3.63, 3.8) is 0 Å². The molecule has 1 saturated heterocycles. The molecule has 0 saturated carbocycles. The highest BCUT2D eigenvalue weighted by Crippen LogP contribution is 2.32. The molecule has 1 aliphatic rings. The number of thiophene rings is 1. The Labute approximate surface area is 180 Å². The van der Waals surface area contributed by atoms with Crippen molar-refractivity contribution in [1.29, 1.82) is 0 Å². The second kappa shape index (κ2) is 9.24. The zero-order valence-corrected chi connectivity index (χ0v) is 18.2. The predicted octanol–water partition coefficient (Wildman–Crippen LogP) is 5.47. The van der Waals surface area contributed by atoms with Crippen LogP contribution < -0.4 is 5.32 Å². The lowest BCUT2D eigenvalue weighted by atomic mass is 10.0. The molecule has 1 aliphatic heterocycles. The summed E-state index contributed by atoms with van der Waals surface area (Å²) in [7, 11) is 0. The lowest BCUT2D eigenvalue weighted by Gasteiger charge is -2.30. The van der Waals surface area contributed by atoms with Crippen molar-refractivity contribution >= 4 is 39.7 Å². The monoisotopic (exact) mass is 427 g/mol. The van der Waals surface area contributed by atoms with Gasteiger partial charge in [0.1, 0.15) is 0 Å². The molecule has 3 aromatic rings. The smallest absolute Gasteiger partial charge is 0.252 e. The van der Waals surface area contributed by atoms with Crippen LogP contribution in [0.3, 0.4) is 0 Å². The summed E-state index contributed by atoms with van der Waals surface area (Å²) < 4.78 is 0.716. The molecule has 29 heavy (non-hydrogen) atoms. The van der Waals surface area contributed by atoms with E-state index in [-0.39, 0.29) is 5.91 Å². The van der Waals surface area contributed by atoms with Crippen LogP contribution in [0, 0.1) is 5.92 Å². The van der Waals surface area contributed by atoms with Gasteiger partial charge in [-0.1, -0.05) is 36.7 Å². The minimum atomic E-state index is -0.0421. The van der Waals surface area contributed by atoms with E-state index in [0.29, 0.717) is 16.4 Å². The van der Waals surface area contributed by atoms with Crippen molar-refractivity contribution in [3.05, 3.63) is 52.4 Å². The van der Waals surface area contributed by atoms with Gasteiger partial charge in [-0.25, -0.2) is 4.98 Å². The number of benzene rings is 1. The van der Waals surface area contributed by atoms with Gasteiger partial charge in [-0.2, -0.15) is 0 Å². The molecule has 4 rings (SSSR count). The number of para-hydroxylation sites is 1. The fourth-order valence-corrected chi connectivity index (χ4v) is 5.03. The van der Waals surface area contributed by atoms with Gasteiger partial charge in [-0.3, -0.25) is 4.79 Å². The highest BCUT2D eigenvalue weighted by atomic mass is 35.5. The third-order valence-electron chi connectivity index (χ3n) is 5.46. The maximum Gasteiger partial charge on any atom is 0.252 e. The zero-order chi connectivity index (χ0) is 20.2. The van der Waals surface area contributed by atoms with E-state index in [1.54, 1.807) is 0 Å². The molecule has 1 fully saturated rings. The molecule has 1 atom stereocenters. The molecular weight excluding hydrogens is 402 g/mol. The van der Waals surface area contributed by atoms with Gasteiger partial charge >= 0.3 is 0 Å². The van der Waals surface area contributed by atoms with Crippen LogP contribution in [0.5, 0.6) is 0 Å². The number of amides is 1. The average molecular weight is 428 g/mol. The number of likely N-dealkylation sites (tertiary alicyclic amines) is 1. The first-order valence-electron chi connectivity index (χ1n) is 10.3. The molecule has 4 nitrogen and oxygen atoms in total. The van der Waals surface area contributed by atoms with Crippen molar-refractivity contribution in [2.24, 2.45) is 5.92 Å². The number of nitrogens with zero attached hydrogens (tertiary/aromatic N) is 2. The van der Waals surface area contributed by atoms with Gasteiger partial charge in [0.15, 0.2) is 0 Å². The largest absolute Gasteiger partial charge is 0.352 e. The molecule has 1 N–H and O–H groups in total. The van der Waals surface area contributed by atoms with Crippen molar-refractivity contribution in [2.45, 2.75) is 26.2 Å². The lowest BCUT2D eigenvalue weighted by Crippen LogP contribution is -2.36. The van der Waals surface area contributed by atoms with Gasteiger partial charge in [0.25, 0.3) is 5.91 Å². The summed E-state index contributed by atoms with van der Waals surface area (Å²) in [6.45, 7) is 6.40. The van der Waals surface area contributed by atoms with Crippen molar-refractivity contribution in [3.8, 4) is 10.6 Å². The summed E-state index contributed by atoms with van der Waals surface area (Å²) in [4.78, 5) is 21.2. The molecule has 1 aromatic carbocycles. The van der Waals surface area contributed by atoms with Crippen LogP contribution in [0.25, 0.3) is 21.5 Å². The number of pyridine rings is 1. The fourth-order valence-electron chi connectivity index (χ4n) is 4.03. The molecule has 0 unspecified atom stereocenters. The third kappa shape index (κ3) is 4.97. The Bertz CT molecular complexity index is 1000. The number of piperidine rings is 1. The normalized spacial score (nSPS) is 17.5. The number of rotatable bonds is 6. The Kier molecular flexibility index (Phi) is 6.48. The number of carbonyl (C=O) groups is 1. The van der Waals surface area contributed by atoms with Crippen LogP contribution in [0.1, 0.15) is 36.5 Å². The fraction of sp³-hybridized carbons (Fsp3) is 0.391. The van der Waals surface area contributed by atoms with Crippen LogP contribution in [0.15, 0.2) is 42.5 Å². The summed E-state index contributed by atoms with van der Waals surface area (Å²) >= 11 is 7.57. The van der Waals surface area contributed by atoms with Crippen molar-refractivity contribution < 1.29 is 4.79 Å². The van der Waals surface area contributed by atoms with E-state index in [1.807, 2.05) is 42.5 Å². The topological polar surface area (TPSA) is 45.2 Å². The SMILES string of the molecule is C[C@@H]1CCCN(CCCNC(=O)c2cc(-c3ccc(Cl)s3)nc3ccccc23)C1. The Morgan fingerprint density at radius 1 is 1.31 bits per heavy atom. The summed E-state index contributed by atoms with van der Waals surface area (Å²) in [6.07, 6.45) is 3.58. The van der Waals surface area contributed by atoms with E-state index in [1.165, 1.54) is 37.3 Å². The maximum atomic E-state index is 13.0. The molecule has 0 aliphatic carbocycles. The summed E-state index contributed by atoms with van der Waals surface area (Å²) in [6, 6.07) is 13.5. The molecule has 0 spiro atoms. The molecule has 152 valence electrons. The number of halogens is 1. The first-order chi connectivity index (χ1) is 14.1. The Morgan fingerprint density at radius 2 is 2.17 bits per heavy atom. The van der Waals surface area contributed by atoms with Gasteiger partial charge in [0, 0.05) is 18.5 Å². The van der Waals surface area contributed by atoms with Crippen LogP contribution in [0.2, 0.25) is 4.34 Å². The van der Waals surface area contributed by atoms with E-state index in [9.17, 15) is 4.79 Å². The van der Waals surface area contributed by atoms with Gasteiger partial charge < -0.3 is 10.2 Å². The Balaban J connectivity index is 1.46. The van der Waals surface area contributed by atoms with Gasteiger partial charge in [-0.15, -0.1) is 11.3 Å². The zero-order valence-electron chi connectivity index (χ0n) is 16.7. The van der Waals surface area contributed by atoms with Crippen LogP contribution in [-0.2, 0) is 0 Å². The van der Waals surface area contributed by atoms with E-state index in [0.717, 1.165) is 40.4 Å². The summed E-state index contributed by atoms with van der Waals surface area (Å²) in [5.74, 6) is 0.741. The molecule has 2 aromatic heterocycles. The quantitative estimate of drug-likeness (QED) is 0.530. The molecular formula is C23H26ClN3OS. The number of aromatic nitrogens is 1. The average Bonchev–Trinajstić information content (AvgIpc) is 3.16. The van der Waals surface area contributed by atoms with Crippen molar-refractivity contribution in [2.75, 3.05) is 26.2 Å². The second-order valence-electron chi connectivity index (χ2n) is 7.83. The summed E-state index contributed by atoms with van der Waals surface area (Å²) in [5, 5.41) is 3.99. The Morgan fingerprint density at radius 3 is 2.97 bits per heavy atom. The van der Waals surface area contributed by atoms with Gasteiger partial charge in [-0.05, 0) is 62.5 Å². The standard InChI is InChI=1S/C23H26ClN3OS/c1-16-6-4-12-27(15-16)13-5-11-25-23(28)18-14-20(21-9-10-22(24)29-21)26-19-8-3-2-7-17(18)19/h2-3,7-10,14,16H,4-6,11-13,15H2,1H3,(H,25,28)/t16-/m1/s1. The number of hydrogen-bond acceptors (Lipinski definition) is 4. The number of hydrogen-bond donors (Lipinski definition) is 1. The minimum absolute atomic E-state index is 0.0421. The maximum absolute atomic E-state index is 13.0. The van der Waals surface area contributed by atoms with E-state index in [2.05, 4.69) is 17.1 Å². The lowest BCUT2D eigenvalue weighted by molar-refractivity contribution is 0.0951. The summed E-state index contributed by atoms with van der Waals surface area (Å²) in [5.41, 5.74) is 2.27. The highest BCUT2D eigenvalue weighted by Gasteiger charge is 2.17.